The number of amides is 1. The van der Waals surface area contributed by atoms with E-state index in [1.807, 2.05) is 13.0 Å². The smallest absolute Gasteiger partial charge is 0.224 e. The van der Waals surface area contributed by atoms with Crippen LogP contribution in [-0.2, 0) is 20.4 Å². The van der Waals surface area contributed by atoms with E-state index in [0.717, 1.165) is 24.2 Å². The van der Waals surface area contributed by atoms with Crippen LogP contribution in [0.15, 0.2) is 18.2 Å². The molecule has 6 heteroatoms. The lowest BCUT2D eigenvalue weighted by Crippen LogP contribution is -2.34. The Kier molecular flexibility index (Phi) is 6.40. The van der Waals surface area contributed by atoms with Crippen molar-refractivity contribution in [2.24, 2.45) is 11.8 Å². The van der Waals surface area contributed by atoms with Gasteiger partial charge in [-0.05, 0) is 61.9 Å². The number of piperidine rings is 1. The summed E-state index contributed by atoms with van der Waals surface area (Å²) in [7, 11) is -3.10. The molecule has 2 N–H and O–H groups in total. The van der Waals surface area contributed by atoms with Crippen LogP contribution in [0.5, 0.6) is 0 Å². The molecule has 1 amide bonds. The molecule has 0 aromatic heterocycles. The lowest BCUT2D eigenvalue weighted by atomic mass is 9.85. The molecule has 1 aliphatic rings. The van der Waals surface area contributed by atoms with Gasteiger partial charge in [-0.1, -0.05) is 19.1 Å². The van der Waals surface area contributed by atoms with Crippen molar-refractivity contribution >= 4 is 21.4 Å². The molecule has 1 aliphatic heterocycles. The quantitative estimate of drug-likeness (QED) is 0.825. The minimum absolute atomic E-state index is 0.00678. The third-order valence-corrected chi connectivity index (χ3v) is 5.62. The van der Waals surface area contributed by atoms with Gasteiger partial charge >= 0.3 is 0 Å². The van der Waals surface area contributed by atoms with E-state index < -0.39 is 9.84 Å². The molecule has 5 nitrogen and oxygen atoms in total. The van der Waals surface area contributed by atoms with Crippen molar-refractivity contribution in [3.63, 3.8) is 0 Å². The number of anilines is 1. The van der Waals surface area contributed by atoms with Crippen molar-refractivity contribution in [1.82, 2.24) is 5.32 Å². The molecule has 0 saturated carbocycles. The fourth-order valence-electron chi connectivity index (χ4n) is 3.28. The predicted octanol–water partition coefficient (Wildman–Crippen LogP) is 2.50. The van der Waals surface area contributed by atoms with Crippen LogP contribution in [-0.4, -0.2) is 33.7 Å². The van der Waals surface area contributed by atoms with Gasteiger partial charge in [-0.2, -0.15) is 0 Å². The van der Waals surface area contributed by atoms with E-state index in [1.54, 1.807) is 12.1 Å². The summed E-state index contributed by atoms with van der Waals surface area (Å²) in [5, 5.41) is 6.34. The van der Waals surface area contributed by atoms with Crippen molar-refractivity contribution < 1.29 is 13.2 Å². The van der Waals surface area contributed by atoms with Crippen LogP contribution in [0.4, 0.5) is 5.69 Å². The lowest BCUT2D eigenvalue weighted by molar-refractivity contribution is -0.117. The number of sulfone groups is 1. The normalized spacial score (nSPS) is 19.7. The van der Waals surface area contributed by atoms with Crippen LogP contribution in [0.2, 0.25) is 0 Å². The number of rotatable bonds is 6. The minimum atomic E-state index is -3.10. The van der Waals surface area contributed by atoms with Crippen LogP contribution in [0.25, 0.3) is 0 Å². The van der Waals surface area contributed by atoms with E-state index in [1.165, 1.54) is 19.1 Å². The summed E-state index contributed by atoms with van der Waals surface area (Å²) in [5.41, 5.74) is 2.26. The molecule has 0 aliphatic carbocycles. The zero-order valence-corrected chi connectivity index (χ0v) is 15.6. The Morgan fingerprint density at radius 3 is 2.79 bits per heavy atom. The summed E-state index contributed by atoms with van der Waals surface area (Å²) in [6.07, 6.45) is 4.05. The van der Waals surface area contributed by atoms with Gasteiger partial charge in [0.1, 0.15) is 0 Å². The molecule has 0 spiro atoms. The molecule has 0 bridgehead atoms. The first kappa shape index (κ1) is 18.9. The third kappa shape index (κ3) is 5.60. The van der Waals surface area contributed by atoms with Crippen molar-refractivity contribution in [3.05, 3.63) is 29.3 Å². The molecule has 2 unspecified atom stereocenters. The summed E-state index contributed by atoms with van der Waals surface area (Å²) < 4.78 is 23.0. The second-order valence-corrected chi connectivity index (χ2v) is 9.14. The van der Waals surface area contributed by atoms with Gasteiger partial charge in [0.25, 0.3) is 0 Å². The summed E-state index contributed by atoms with van der Waals surface area (Å²) in [6, 6.07) is 5.41. The maximum atomic E-state index is 12.4. The molecular weight excluding hydrogens is 324 g/mol. The Bertz CT molecular complexity index is 680. The van der Waals surface area contributed by atoms with E-state index in [2.05, 4.69) is 17.6 Å². The van der Waals surface area contributed by atoms with Crippen LogP contribution < -0.4 is 10.6 Å². The highest BCUT2D eigenvalue weighted by atomic mass is 32.2. The average molecular weight is 353 g/mol. The van der Waals surface area contributed by atoms with Crippen molar-refractivity contribution in [2.45, 2.75) is 38.9 Å². The number of hydrogen-bond donors (Lipinski definition) is 2. The zero-order chi connectivity index (χ0) is 17.7. The number of carbonyl (C=O) groups excluding carboxylic acids is 1. The van der Waals surface area contributed by atoms with Crippen LogP contribution in [0.3, 0.4) is 0 Å². The third-order valence-electron chi connectivity index (χ3n) is 4.78. The van der Waals surface area contributed by atoms with Crippen molar-refractivity contribution in [2.75, 3.05) is 24.7 Å². The minimum Gasteiger partial charge on any atom is -0.326 e. The van der Waals surface area contributed by atoms with E-state index in [-0.39, 0.29) is 11.7 Å². The predicted molar refractivity (Wildman–Crippen MR) is 97.7 cm³/mol. The van der Waals surface area contributed by atoms with E-state index in [0.29, 0.717) is 23.9 Å². The Balaban J connectivity index is 1.99. The van der Waals surface area contributed by atoms with Gasteiger partial charge in [0.2, 0.25) is 5.91 Å². The molecule has 1 aromatic rings. The summed E-state index contributed by atoms with van der Waals surface area (Å²) >= 11 is 0. The van der Waals surface area contributed by atoms with Gasteiger partial charge in [0, 0.05) is 18.4 Å². The van der Waals surface area contributed by atoms with Gasteiger partial charge in [-0.3, -0.25) is 4.79 Å². The largest absolute Gasteiger partial charge is 0.326 e. The van der Waals surface area contributed by atoms with Crippen molar-refractivity contribution in [1.29, 1.82) is 0 Å². The van der Waals surface area contributed by atoms with E-state index >= 15 is 0 Å². The van der Waals surface area contributed by atoms with Gasteiger partial charge in [0.15, 0.2) is 9.84 Å². The van der Waals surface area contributed by atoms with Gasteiger partial charge < -0.3 is 10.6 Å². The first-order chi connectivity index (χ1) is 11.3. The van der Waals surface area contributed by atoms with Crippen LogP contribution in [0.1, 0.15) is 37.3 Å². The van der Waals surface area contributed by atoms with E-state index in [9.17, 15) is 13.2 Å². The second-order valence-electron chi connectivity index (χ2n) is 7.00. The van der Waals surface area contributed by atoms with Gasteiger partial charge in [-0.15, -0.1) is 0 Å². The molecule has 24 heavy (non-hydrogen) atoms. The first-order valence-corrected chi connectivity index (χ1v) is 10.6. The number of nitrogens with one attached hydrogen (secondary N) is 2. The highest BCUT2D eigenvalue weighted by molar-refractivity contribution is 7.89. The second kappa shape index (κ2) is 8.12. The molecule has 1 heterocycles. The molecule has 2 atom stereocenters. The number of hydrogen-bond acceptors (Lipinski definition) is 4. The fourth-order valence-corrected chi connectivity index (χ4v) is 4.16. The Labute approximate surface area is 145 Å². The molecular formula is C18H28N2O3S. The van der Waals surface area contributed by atoms with Crippen LogP contribution >= 0.6 is 0 Å². The maximum absolute atomic E-state index is 12.4. The molecule has 1 saturated heterocycles. The Hall–Kier alpha value is -1.40. The molecule has 1 aromatic carbocycles. The van der Waals surface area contributed by atoms with Gasteiger partial charge in [-0.25, -0.2) is 8.42 Å². The monoisotopic (exact) mass is 352 g/mol. The number of carbonyl (C=O) groups is 1. The SMILES string of the molecule is Cc1c(CS(C)(=O)=O)cccc1NC(=O)CC(C)C1CCCNC1. The molecule has 0 radical (unpaired) electrons. The Morgan fingerprint density at radius 1 is 1.42 bits per heavy atom. The lowest BCUT2D eigenvalue weighted by Gasteiger charge is -2.28. The van der Waals surface area contributed by atoms with E-state index in [4.69, 9.17) is 0 Å². The Morgan fingerprint density at radius 2 is 2.17 bits per heavy atom. The highest BCUT2D eigenvalue weighted by Crippen LogP contribution is 2.25. The van der Waals surface area contributed by atoms with Crippen molar-refractivity contribution in [3.8, 4) is 0 Å². The highest BCUT2D eigenvalue weighted by Gasteiger charge is 2.22. The molecule has 2 rings (SSSR count). The first-order valence-electron chi connectivity index (χ1n) is 8.53. The molecule has 1 fully saturated rings. The summed E-state index contributed by atoms with van der Waals surface area (Å²) in [6.45, 7) is 6.04. The maximum Gasteiger partial charge on any atom is 0.224 e. The topological polar surface area (TPSA) is 75.3 Å². The standard InChI is InChI=1S/C18H28N2O3S/c1-13(15-7-5-9-19-11-15)10-18(21)20-17-8-4-6-16(14(17)2)12-24(3,22)23/h4,6,8,13,15,19H,5,7,9-12H2,1-3H3,(H,20,21). The summed E-state index contributed by atoms with van der Waals surface area (Å²) in [4.78, 5) is 12.4. The summed E-state index contributed by atoms with van der Waals surface area (Å²) in [5.74, 6) is 0.860. The fraction of sp³-hybridized carbons (Fsp3) is 0.611. The molecule has 134 valence electrons. The van der Waals surface area contributed by atoms with Gasteiger partial charge in [0.05, 0.1) is 5.75 Å². The zero-order valence-electron chi connectivity index (χ0n) is 14.8. The average Bonchev–Trinajstić information content (AvgIpc) is 2.51. The van der Waals surface area contributed by atoms with Crippen LogP contribution in [0, 0.1) is 18.8 Å². The number of benzene rings is 1.